The summed E-state index contributed by atoms with van der Waals surface area (Å²) in [5, 5.41) is 0. The average molecular weight is 136 g/mol. The first-order chi connectivity index (χ1) is 4.84. The molecule has 0 aromatic rings. The zero-order chi connectivity index (χ0) is 6.77. The Kier molecular flexibility index (Phi) is 0.810. The van der Waals surface area contributed by atoms with Gasteiger partial charge in [-0.05, 0) is 42.4 Å². The van der Waals surface area contributed by atoms with Gasteiger partial charge in [-0.1, -0.05) is 19.8 Å². The van der Waals surface area contributed by atoms with Crippen molar-refractivity contribution in [2.75, 3.05) is 0 Å². The summed E-state index contributed by atoms with van der Waals surface area (Å²) in [6.07, 6.45) is 7.82. The molecule has 3 atom stereocenters. The van der Waals surface area contributed by atoms with Gasteiger partial charge in [-0.3, -0.25) is 0 Å². The fraction of sp³-hybridized carbons (Fsp3) is 1.00. The van der Waals surface area contributed by atoms with Gasteiger partial charge in [0, 0.05) is 0 Å². The predicted octanol–water partition coefficient (Wildman–Crippen LogP) is 2.83. The van der Waals surface area contributed by atoms with Crippen LogP contribution >= 0.6 is 0 Å². The molecule has 3 rings (SSSR count). The molecule has 0 N–H and O–H groups in total. The lowest BCUT2D eigenvalue weighted by atomic mass is 9.91. The number of hydrogen-bond donors (Lipinski definition) is 0. The molecule has 0 aliphatic heterocycles. The van der Waals surface area contributed by atoms with Gasteiger partial charge in [0.15, 0.2) is 0 Å². The summed E-state index contributed by atoms with van der Waals surface area (Å²) in [6, 6.07) is 0. The van der Waals surface area contributed by atoms with E-state index in [1.165, 1.54) is 24.7 Å². The van der Waals surface area contributed by atoms with Crippen molar-refractivity contribution in [3.63, 3.8) is 0 Å². The maximum Gasteiger partial charge on any atom is -0.0232 e. The van der Waals surface area contributed by atoms with E-state index in [0.29, 0.717) is 0 Å². The van der Waals surface area contributed by atoms with E-state index in [-0.39, 0.29) is 0 Å². The van der Waals surface area contributed by atoms with Crippen LogP contribution < -0.4 is 0 Å². The minimum Gasteiger partial charge on any atom is -0.0622 e. The van der Waals surface area contributed by atoms with Crippen molar-refractivity contribution in [3.8, 4) is 0 Å². The summed E-state index contributed by atoms with van der Waals surface area (Å²) in [6.45, 7) is 2.48. The monoisotopic (exact) mass is 136 g/mol. The van der Waals surface area contributed by atoms with E-state index < -0.39 is 0 Å². The van der Waals surface area contributed by atoms with Crippen LogP contribution in [0.4, 0.5) is 0 Å². The van der Waals surface area contributed by atoms with Crippen molar-refractivity contribution in [3.05, 3.63) is 0 Å². The van der Waals surface area contributed by atoms with Crippen molar-refractivity contribution in [1.29, 1.82) is 0 Å². The highest BCUT2D eigenvalue weighted by molar-refractivity contribution is 5.21. The zero-order valence-corrected chi connectivity index (χ0v) is 6.77. The summed E-state index contributed by atoms with van der Waals surface area (Å²) in [4.78, 5) is 0. The van der Waals surface area contributed by atoms with Crippen LogP contribution in [0.2, 0.25) is 0 Å². The lowest BCUT2D eigenvalue weighted by molar-refractivity contribution is 0.359. The third kappa shape index (κ3) is 0.466. The van der Waals surface area contributed by atoms with Crippen LogP contribution in [0.3, 0.4) is 0 Å². The highest BCUT2D eigenvalue weighted by Crippen LogP contribution is 2.80. The second-order valence-electron chi connectivity index (χ2n) is 4.77. The molecule has 3 fully saturated rings. The Morgan fingerprint density at radius 1 is 1.20 bits per heavy atom. The van der Waals surface area contributed by atoms with Gasteiger partial charge < -0.3 is 0 Å². The second-order valence-corrected chi connectivity index (χ2v) is 4.77. The van der Waals surface area contributed by atoms with E-state index in [0.717, 1.165) is 11.3 Å². The SMILES string of the molecule is CC1CCCC2C1C21CC1. The molecule has 3 saturated carbocycles. The molecule has 10 heavy (non-hydrogen) atoms. The van der Waals surface area contributed by atoms with Gasteiger partial charge in [-0.15, -0.1) is 0 Å². The summed E-state index contributed by atoms with van der Waals surface area (Å²) >= 11 is 0. The lowest BCUT2D eigenvalue weighted by Gasteiger charge is -2.15. The van der Waals surface area contributed by atoms with E-state index >= 15 is 0 Å². The topological polar surface area (TPSA) is 0 Å². The van der Waals surface area contributed by atoms with Crippen LogP contribution in [-0.2, 0) is 0 Å². The highest BCUT2D eigenvalue weighted by atomic mass is 14.8. The quantitative estimate of drug-likeness (QED) is 0.480. The summed E-state index contributed by atoms with van der Waals surface area (Å²) in [5.74, 6) is 3.48. The first-order valence-electron chi connectivity index (χ1n) is 4.84. The Balaban J connectivity index is 1.86. The zero-order valence-electron chi connectivity index (χ0n) is 6.77. The Morgan fingerprint density at radius 3 is 2.60 bits per heavy atom. The maximum atomic E-state index is 2.48. The van der Waals surface area contributed by atoms with Crippen molar-refractivity contribution < 1.29 is 0 Å². The molecule has 3 unspecified atom stereocenters. The van der Waals surface area contributed by atoms with Crippen LogP contribution in [0.5, 0.6) is 0 Å². The molecule has 3 aliphatic rings. The molecule has 0 bridgehead atoms. The molecule has 56 valence electrons. The average Bonchev–Trinajstić information content (AvgIpc) is 2.77. The molecular weight excluding hydrogens is 120 g/mol. The summed E-state index contributed by atoms with van der Waals surface area (Å²) in [5.41, 5.74) is 0.968. The molecule has 0 aromatic carbocycles. The first-order valence-corrected chi connectivity index (χ1v) is 4.84. The molecule has 0 heterocycles. The van der Waals surface area contributed by atoms with E-state index in [1.54, 1.807) is 19.3 Å². The standard InChI is InChI=1S/C10H16/c1-7-3-2-4-8-9(7)10(8)5-6-10/h7-9H,2-6H2,1H3. The third-order valence-electron chi connectivity index (χ3n) is 4.34. The summed E-state index contributed by atoms with van der Waals surface area (Å²) < 4.78 is 0. The Bertz CT molecular complexity index is 167. The fourth-order valence-corrected chi connectivity index (χ4v) is 3.73. The van der Waals surface area contributed by atoms with Gasteiger partial charge in [0.25, 0.3) is 0 Å². The van der Waals surface area contributed by atoms with Gasteiger partial charge in [0.2, 0.25) is 0 Å². The predicted molar refractivity (Wildman–Crippen MR) is 41.7 cm³/mol. The van der Waals surface area contributed by atoms with Crippen LogP contribution in [0.25, 0.3) is 0 Å². The largest absolute Gasteiger partial charge is 0.0622 e. The molecule has 0 nitrogen and oxygen atoms in total. The van der Waals surface area contributed by atoms with Crippen LogP contribution in [-0.4, -0.2) is 0 Å². The molecule has 1 spiro atoms. The summed E-state index contributed by atoms with van der Waals surface area (Å²) in [7, 11) is 0. The molecule has 0 radical (unpaired) electrons. The molecule has 0 aromatic heterocycles. The lowest BCUT2D eigenvalue weighted by Crippen LogP contribution is -2.04. The highest BCUT2D eigenvalue weighted by Gasteiger charge is 2.72. The van der Waals surface area contributed by atoms with Gasteiger partial charge in [0.1, 0.15) is 0 Å². The van der Waals surface area contributed by atoms with Gasteiger partial charge in [0.05, 0.1) is 0 Å². The van der Waals surface area contributed by atoms with E-state index in [9.17, 15) is 0 Å². The molecule has 0 saturated heterocycles. The Hall–Kier alpha value is 0. The van der Waals surface area contributed by atoms with E-state index in [2.05, 4.69) is 6.92 Å². The molecule has 0 amide bonds. The molecule has 0 heteroatoms. The first kappa shape index (κ1) is 5.62. The number of fused-ring (bicyclic) bond motifs is 3. The Labute approximate surface area is 63.0 Å². The van der Waals surface area contributed by atoms with Gasteiger partial charge in [-0.25, -0.2) is 0 Å². The van der Waals surface area contributed by atoms with E-state index in [4.69, 9.17) is 0 Å². The van der Waals surface area contributed by atoms with Gasteiger partial charge in [-0.2, -0.15) is 0 Å². The van der Waals surface area contributed by atoms with Crippen molar-refractivity contribution in [1.82, 2.24) is 0 Å². The number of hydrogen-bond acceptors (Lipinski definition) is 0. The van der Waals surface area contributed by atoms with Crippen LogP contribution in [0, 0.1) is 23.2 Å². The van der Waals surface area contributed by atoms with Crippen molar-refractivity contribution in [2.45, 2.75) is 39.0 Å². The molecular formula is C10H16. The smallest absolute Gasteiger partial charge is 0.0232 e. The Morgan fingerprint density at radius 2 is 2.00 bits per heavy atom. The maximum absolute atomic E-state index is 2.48. The minimum absolute atomic E-state index is 0.968. The molecule has 3 aliphatic carbocycles. The van der Waals surface area contributed by atoms with Crippen LogP contribution in [0.15, 0.2) is 0 Å². The van der Waals surface area contributed by atoms with E-state index in [1.807, 2.05) is 0 Å². The third-order valence-corrected chi connectivity index (χ3v) is 4.34. The van der Waals surface area contributed by atoms with Crippen LogP contribution in [0.1, 0.15) is 39.0 Å². The number of rotatable bonds is 0. The van der Waals surface area contributed by atoms with Gasteiger partial charge >= 0.3 is 0 Å². The van der Waals surface area contributed by atoms with Crippen molar-refractivity contribution in [2.24, 2.45) is 23.2 Å². The van der Waals surface area contributed by atoms with Crippen molar-refractivity contribution >= 4 is 0 Å². The fourth-order valence-electron chi connectivity index (χ4n) is 3.73. The second kappa shape index (κ2) is 1.44. The minimum atomic E-state index is 0.968. The normalized spacial score (nSPS) is 54.3.